The van der Waals surface area contributed by atoms with Crippen molar-refractivity contribution in [2.75, 3.05) is 20.2 Å². The maximum absolute atomic E-state index is 11.4. The van der Waals surface area contributed by atoms with Crippen molar-refractivity contribution in [3.63, 3.8) is 0 Å². The summed E-state index contributed by atoms with van der Waals surface area (Å²) in [5.74, 6) is -0.0460. The SMILES string of the molecule is COC(=O)C1CCN(Cc2cccnc2)C1. The van der Waals surface area contributed by atoms with Crippen LogP contribution in [0.3, 0.4) is 0 Å². The molecule has 0 aromatic carbocycles. The third-order valence-electron chi connectivity index (χ3n) is 2.94. The largest absolute Gasteiger partial charge is 0.469 e. The highest BCUT2D eigenvalue weighted by Crippen LogP contribution is 2.19. The van der Waals surface area contributed by atoms with Crippen molar-refractivity contribution in [1.29, 1.82) is 0 Å². The Bertz CT molecular complexity index is 353. The van der Waals surface area contributed by atoms with Crippen LogP contribution in [0.15, 0.2) is 24.5 Å². The summed E-state index contributed by atoms with van der Waals surface area (Å²) in [4.78, 5) is 17.7. The molecule has 0 saturated carbocycles. The number of hydrogen-bond donors (Lipinski definition) is 0. The molecule has 0 N–H and O–H groups in total. The summed E-state index contributed by atoms with van der Waals surface area (Å²) in [7, 11) is 1.45. The molecule has 0 radical (unpaired) electrons. The van der Waals surface area contributed by atoms with Gasteiger partial charge in [0.2, 0.25) is 0 Å². The van der Waals surface area contributed by atoms with Crippen molar-refractivity contribution < 1.29 is 9.53 Å². The third kappa shape index (κ3) is 2.58. The average molecular weight is 220 g/mol. The van der Waals surface area contributed by atoms with Crippen LogP contribution >= 0.6 is 0 Å². The van der Waals surface area contributed by atoms with Gasteiger partial charge in [-0.05, 0) is 24.6 Å². The van der Waals surface area contributed by atoms with Crippen LogP contribution in [0.4, 0.5) is 0 Å². The molecule has 16 heavy (non-hydrogen) atoms. The zero-order chi connectivity index (χ0) is 11.4. The van der Waals surface area contributed by atoms with Crippen LogP contribution in [0, 0.1) is 5.92 Å². The van der Waals surface area contributed by atoms with Crippen molar-refractivity contribution in [3.05, 3.63) is 30.1 Å². The Morgan fingerprint density at radius 2 is 2.56 bits per heavy atom. The van der Waals surface area contributed by atoms with Crippen molar-refractivity contribution >= 4 is 5.97 Å². The number of ether oxygens (including phenoxy) is 1. The van der Waals surface area contributed by atoms with Gasteiger partial charge in [0.15, 0.2) is 0 Å². The predicted octanol–water partition coefficient (Wildman–Crippen LogP) is 1.08. The first-order valence-corrected chi connectivity index (χ1v) is 5.48. The fourth-order valence-electron chi connectivity index (χ4n) is 2.09. The summed E-state index contributed by atoms with van der Waals surface area (Å²) in [5.41, 5.74) is 1.19. The minimum absolute atomic E-state index is 0.0432. The van der Waals surface area contributed by atoms with Gasteiger partial charge in [0.25, 0.3) is 0 Å². The van der Waals surface area contributed by atoms with Gasteiger partial charge < -0.3 is 4.74 Å². The highest BCUT2D eigenvalue weighted by Gasteiger charge is 2.28. The molecular formula is C12H16N2O2. The minimum Gasteiger partial charge on any atom is -0.469 e. The maximum Gasteiger partial charge on any atom is 0.310 e. The zero-order valence-corrected chi connectivity index (χ0v) is 9.43. The van der Waals surface area contributed by atoms with E-state index in [9.17, 15) is 4.79 Å². The summed E-state index contributed by atoms with van der Waals surface area (Å²) < 4.78 is 4.75. The molecule has 1 fully saturated rings. The maximum atomic E-state index is 11.4. The van der Waals surface area contributed by atoms with Crippen LogP contribution in [0.25, 0.3) is 0 Å². The van der Waals surface area contributed by atoms with E-state index in [1.165, 1.54) is 12.7 Å². The van der Waals surface area contributed by atoms with Crippen molar-refractivity contribution in [2.24, 2.45) is 5.92 Å². The topological polar surface area (TPSA) is 42.4 Å². The van der Waals surface area contributed by atoms with Gasteiger partial charge in [-0.15, -0.1) is 0 Å². The van der Waals surface area contributed by atoms with E-state index in [1.807, 2.05) is 12.3 Å². The van der Waals surface area contributed by atoms with E-state index < -0.39 is 0 Å². The molecule has 1 aromatic rings. The molecule has 1 unspecified atom stereocenters. The van der Waals surface area contributed by atoms with Crippen molar-refractivity contribution in [2.45, 2.75) is 13.0 Å². The Morgan fingerprint density at radius 1 is 1.69 bits per heavy atom. The second-order valence-electron chi connectivity index (χ2n) is 4.11. The molecule has 0 aliphatic carbocycles. The summed E-state index contributed by atoms with van der Waals surface area (Å²) >= 11 is 0. The van der Waals surface area contributed by atoms with Crippen LogP contribution in [0.5, 0.6) is 0 Å². The molecule has 4 heteroatoms. The molecule has 1 aliphatic rings. The molecule has 0 spiro atoms. The van der Waals surface area contributed by atoms with E-state index in [0.717, 1.165) is 26.1 Å². The van der Waals surface area contributed by atoms with Gasteiger partial charge >= 0.3 is 5.97 Å². The first-order chi connectivity index (χ1) is 7.79. The molecule has 0 amide bonds. The number of aromatic nitrogens is 1. The summed E-state index contributed by atoms with van der Waals surface area (Å²) in [6, 6.07) is 3.99. The molecule has 86 valence electrons. The third-order valence-corrected chi connectivity index (χ3v) is 2.94. The van der Waals surface area contributed by atoms with E-state index in [2.05, 4.69) is 16.0 Å². The lowest BCUT2D eigenvalue weighted by atomic mass is 10.1. The normalized spacial score (nSPS) is 20.9. The van der Waals surface area contributed by atoms with E-state index in [0.29, 0.717) is 0 Å². The zero-order valence-electron chi connectivity index (χ0n) is 9.43. The number of methoxy groups -OCH3 is 1. The predicted molar refractivity (Wildman–Crippen MR) is 59.6 cm³/mol. The smallest absolute Gasteiger partial charge is 0.310 e. The standard InChI is InChI=1S/C12H16N2O2/c1-16-12(15)11-4-6-14(9-11)8-10-3-2-5-13-7-10/h2-3,5,7,11H,4,6,8-9H2,1H3. The van der Waals surface area contributed by atoms with Crippen LogP contribution in [0.2, 0.25) is 0 Å². The molecule has 1 aromatic heterocycles. The molecule has 2 rings (SSSR count). The van der Waals surface area contributed by atoms with Crippen LogP contribution in [-0.2, 0) is 16.1 Å². The Labute approximate surface area is 95.2 Å². The summed E-state index contributed by atoms with van der Waals surface area (Å²) in [6.07, 6.45) is 4.53. The van der Waals surface area contributed by atoms with E-state index in [1.54, 1.807) is 6.20 Å². The molecular weight excluding hydrogens is 204 g/mol. The fraction of sp³-hybridized carbons (Fsp3) is 0.500. The Balaban J connectivity index is 1.88. The minimum atomic E-state index is -0.0892. The second-order valence-corrected chi connectivity index (χ2v) is 4.11. The van der Waals surface area contributed by atoms with Crippen molar-refractivity contribution in [3.8, 4) is 0 Å². The fourth-order valence-corrected chi connectivity index (χ4v) is 2.09. The number of pyridine rings is 1. The lowest BCUT2D eigenvalue weighted by molar-refractivity contribution is -0.144. The summed E-state index contributed by atoms with van der Waals surface area (Å²) in [5, 5.41) is 0. The number of carbonyl (C=O) groups is 1. The number of nitrogens with zero attached hydrogens (tertiary/aromatic N) is 2. The average Bonchev–Trinajstić information content (AvgIpc) is 2.78. The Morgan fingerprint density at radius 3 is 3.25 bits per heavy atom. The molecule has 1 saturated heterocycles. The molecule has 1 atom stereocenters. The molecule has 2 heterocycles. The Hall–Kier alpha value is -1.42. The van der Waals surface area contributed by atoms with Crippen LogP contribution in [-0.4, -0.2) is 36.1 Å². The Kier molecular flexibility index (Phi) is 3.51. The van der Waals surface area contributed by atoms with E-state index in [4.69, 9.17) is 4.74 Å². The lowest BCUT2D eigenvalue weighted by Gasteiger charge is -2.14. The number of hydrogen-bond acceptors (Lipinski definition) is 4. The van der Waals surface area contributed by atoms with E-state index in [-0.39, 0.29) is 11.9 Å². The van der Waals surface area contributed by atoms with Crippen LogP contribution in [0.1, 0.15) is 12.0 Å². The number of carbonyl (C=O) groups excluding carboxylic acids is 1. The number of likely N-dealkylation sites (tertiary alicyclic amines) is 1. The first-order valence-electron chi connectivity index (χ1n) is 5.48. The first kappa shape index (κ1) is 11.1. The van der Waals surface area contributed by atoms with Gasteiger partial charge in [-0.1, -0.05) is 6.07 Å². The van der Waals surface area contributed by atoms with Gasteiger partial charge in [-0.3, -0.25) is 14.7 Å². The van der Waals surface area contributed by atoms with Gasteiger partial charge in [0, 0.05) is 25.5 Å². The summed E-state index contributed by atoms with van der Waals surface area (Å²) in [6.45, 7) is 2.61. The highest BCUT2D eigenvalue weighted by atomic mass is 16.5. The highest BCUT2D eigenvalue weighted by molar-refractivity contribution is 5.72. The van der Waals surface area contributed by atoms with Gasteiger partial charge in [-0.2, -0.15) is 0 Å². The molecule has 1 aliphatic heterocycles. The van der Waals surface area contributed by atoms with E-state index >= 15 is 0 Å². The second kappa shape index (κ2) is 5.07. The molecule has 0 bridgehead atoms. The van der Waals surface area contributed by atoms with Crippen LogP contribution < -0.4 is 0 Å². The lowest BCUT2D eigenvalue weighted by Crippen LogP contribution is -2.23. The van der Waals surface area contributed by atoms with Gasteiger partial charge in [0.1, 0.15) is 0 Å². The van der Waals surface area contributed by atoms with Gasteiger partial charge in [0.05, 0.1) is 13.0 Å². The quantitative estimate of drug-likeness (QED) is 0.715. The molecule has 4 nitrogen and oxygen atoms in total. The number of esters is 1. The van der Waals surface area contributed by atoms with Crippen molar-refractivity contribution in [1.82, 2.24) is 9.88 Å². The van der Waals surface area contributed by atoms with Gasteiger partial charge in [-0.25, -0.2) is 0 Å². The number of rotatable bonds is 3. The monoisotopic (exact) mass is 220 g/mol.